The van der Waals surface area contributed by atoms with E-state index in [0.717, 1.165) is 18.4 Å². The largest absolute Gasteiger partial charge is 0.354 e. The third-order valence-electron chi connectivity index (χ3n) is 3.48. The van der Waals surface area contributed by atoms with Crippen molar-refractivity contribution in [3.63, 3.8) is 0 Å². The van der Waals surface area contributed by atoms with Crippen LogP contribution in [0.4, 0.5) is 0 Å². The Hall–Kier alpha value is -1.55. The molecule has 22 heavy (non-hydrogen) atoms. The van der Waals surface area contributed by atoms with Crippen molar-refractivity contribution in [1.82, 2.24) is 10.2 Å². The number of nitrogens with zero attached hydrogens (tertiary/aromatic N) is 1. The Morgan fingerprint density at radius 1 is 1.23 bits per heavy atom. The molecular weight excluding hydrogens is 300 g/mol. The maximum atomic E-state index is 12.4. The molecule has 1 aromatic rings. The second-order valence-electron chi connectivity index (χ2n) is 5.33. The standard InChI is InChI=1S/C17H25ClN2O2/c1-4-8-16(21)20(13(3)17(22)19-11-5-2)12-14-9-6-7-10-15(14)18/h6-7,9-10,13H,4-5,8,11-12H2,1-3H3,(H,19,22)/t13-/m1/s1. The maximum absolute atomic E-state index is 12.4. The highest BCUT2D eigenvalue weighted by Gasteiger charge is 2.25. The second-order valence-corrected chi connectivity index (χ2v) is 5.74. The lowest BCUT2D eigenvalue weighted by Gasteiger charge is -2.29. The normalized spacial score (nSPS) is 11.8. The van der Waals surface area contributed by atoms with E-state index in [1.165, 1.54) is 0 Å². The van der Waals surface area contributed by atoms with Crippen molar-refractivity contribution < 1.29 is 9.59 Å². The molecule has 0 spiro atoms. The van der Waals surface area contributed by atoms with Gasteiger partial charge in [-0.2, -0.15) is 0 Å². The first-order chi connectivity index (χ1) is 10.5. The van der Waals surface area contributed by atoms with Crippen LogP contribution in [-0.4, -0.2) is 29.3 Å². The molecule has 0 heterocycles. The molecule has 0 radical (unpaired) electrons. The number of hydrogen-bond acceptors (Lipinski definition) is 2. The van der Waals surface area contributed by atoms with Crippen molar-refractivity contribution in [2.24, 2.45) is 0 Å². The molecule has 5 heteroatoms. The number of nitrogens with one attached hydrogen (secondary N) is 1. The lowest BCUT2D eigenvalue weighted by atomic mass is 10.1. The van der Waals surface area contributed by atoms with Crippen LogP contribution in [0.1, 0.15) is 45.6 Å². The average molecular weight is 325 g/mol. The summed E-state index contributed by atoms with van der Waals surface area (Å²) < 4.78 is 0. The minimum Gasteiger partial charge on any atom is -0.354 e. The summed E-state index contributed by atoms with van der Waals surface area (Å²) in [5, 5.41) is 3.45. The highest BCUT2D eigenvalue weighted by atomic mass is 35.5. The van der Waals surface area contributed by atoms with E-state index >= 15 is 0 Å². The van der Waals surface area contributed by atoms with Gasteiger partial charge in [-0.3, -0.25) is 9.59 Å². The molecule has 4 nitrogen and oxygen atoms in total. The Kier molecular flexibility index (Phi) is 7.96. The van der Waals surface area contributed by atoms with Gasteiger partial charge in [-0.25, -0.2) is 0 Å². The third-order valence-corrected chi connectivity index (χ3v) is 3.85. The van der Waals surface area contributed by atoms with Gasteiger partial charge in [0.2, 0.25) is 11.8 Å². The fourth-order valence-corrected chi connectivity index (χ4v) is 2.34. The number of carbonyl (C=O) groups is 2. The number of rotatable bonds is 8. The quantitative estimate of drug-likeness (QED) is 0.797. The van der Waals surface area contributed by atoms with Crippen molar-refractivity contribution >= 4 is 23.4 Å². The van der Waals surface area contributed by atoms with Crippen LogP contribution in [0.2, 0.25) is 5.02 Å². The number of hydrogen-bond donors (Lipinski definition) is 1. The van der Waals surface area contributed by atoms with Crippen molar-refractivity contribution in [2.75, 3.05) is 6.54 Å². The van der Waals surface area contributed by atoms with Crippen molar-refractivity contribution in [1.29, 1.82) is 0 Å². The van der Waals surface area contributed by atoms with Gasteiger partial charge in [0, 0.05) is 24.5 Å². The SMILES string of the molecule is CCCNC(=O)[C@@H](C)N(Cc1ccccc1Cl)C(=O)CCC. The molecule has 122 valence electrons. The van der Waals surface area contributed by atoms with E-state index in [1.54, 1.807) is 17.9 Å². The Morgan fingerprint density at radius 2 is 1.91 bits per heavy atom. The van der Waals surface area contributed by atoms with E-state index in [9.17, 15) is 9.59 Å². The van der Waals surface area contributed by atoms with E-state index in [2.05, 4.69) is 5.32 Å². The summed E-state index contributed by atoms with van der Waals surface area (Å²) in [6.07, 6.45) is 2.04. The molecular formula is C17H25ClN2O2. The Bertz CT molecular complexity index is 505. The summed E-state index contributed by atoms with van der Waals surface area (Å²) in [7, 11) is 0. The third kappa shape index (κ3) is 5.34. The van der Waals surface area contributed by atoms with Crippen molar-refractivity contribution in [3.05, 3.63) is 34.9 Å². The first kappa shape index (κ1) is 18.5. The van der Waals surface area contributed by atoms with Gasteiger partial charge in [-0.15, -0.1) is 0 Å². The maximum Gasteiger partial charge on any atom is 0.242 e. The van der Waals surface area contributed by atoms with Crippen LogP contribution >= 0.6 is 11.6 Å². The first-order valence-corrected chi connectivity index (χ1v) is 8.19. The highest BCUT2D eigenvalue weighted by molar-refractivity contribution is 6.31. The molecule has 0 aliphatic carbocycles. The molecule has 0 saturated carbocycles. The van der Waals surface area contributed by atoms with E-state index in [1.807, 2.05) is 32.0 Å². The summed E-state index contributed by atoms with van der Waals surface area (Å²) in [5.41, 5.74) is 0.851. The molecule has 1 N–H and O–H groups in total. The lowest BCUT2D eigenvalue weighted by molar-refractivity contribution is -0.140. The molecule has 2 amide bonds. The van der Waals surface area contributed by atoms with Crippen molar-refractivity contribution in [2.45, 2.75) is 52.6 Å². The van der Waals surface area contributed by atoms with E-state index in [0.29, 0.717) is 24.5 Å². The predicted octanol–water partition coefficient (Wildman–Crippen LogP) is 3.38. The van der Waals surface area contributed by atoms with Gasteiger partial charge in [0.05, 0.1) is 0 Å². The molecule has 0 saturated heterocycles. The van der Waals surface area contributed by atoms with Gasteiger partial charge in [0.15, 0.2) is 0 Å². The number of amides is 2. The topological polar surface area (TPSA) is 49.4 Å². The minimum absolute atomic E-state index is 0.0263. The fourth-order valence-electron chi connectivity index (χ4n) is 2.15. The fraction of sp³-hybridized carbons (Fsp3) is 0.529. The van der Waals surface area contributed by atoms with E-state index < -0.39 is 6.04 Å². The molecule has 0 aliphatic rings. The van der Waals surface area contributed by atoms with Crippen LogP contribution in [0.5, 0.6) is 0 Å². The van der Waals surface area contributed by atoms with Gasteiger partial charge in [0.25, 0.3) is 0 Å². The zero-order valence-corrected chi connectivity index (χ0v) is 14.3. The lowest BCUT2D eigenvalue weighted by Crippen LogP contribution is -2.47. The summed E-state index contributed by atoms with van der Waals surface area (Å²) in [5.74, 6) is -0.153. The molecule has 0 unspecified atom stereocenters. The van der Waals surface area contributed by atoms with E-state index in [-0.39, 0.29) is 11.8 Å². The monoisotopic (exact) mass is 324 g/mol. The number of halogens is 1. The smallest absolute Gasteiger partial charge is 0.242 e. The summed E-state index contributed by atoms with van der Waals surface area (Å²) in [6.45, 7) is 6.67. The average Bonchev–Trinajstić information content (AvgIpc) is 2.51. The first-order valence-electron chi connectivity index (χ1n) is 7.81. The van der Waals surface area contributed by atoms with E-state index in [4.69, 9.17) is 11.6 Å². The Morgan fingerprint density at radius 3 is 2.50 bits per heavy atom. The van der Waals surface area contributed by atoms with Gasteiger partial charge in [-0.05, 0) is 31.4 Å². The molecule has 1 rings (SSSR count). The molecule has 0 bridgehead atoms. The van der Waals surface area contributed by atoms with Crippen LogP contribution in [0, 0.1) is 0 Å². The molecule has 0 fully saturated rings. The van der Waals surface area contributed by atoms with Gasteiger partial charge < -0.3 is 10.2 Å². The number of benzene rings is 1. The zero-order chi connectivity index (χ0) is 16.5. The highest BCUT2D eigenvalue weighted by Crippen LogP contribution is 2.19. The molecule has 1 atom stereocenters. The van der Waals surface area contributed by atoms with Crippen LogP contribution in [0.25, 0.3) is 0 Å². The summed E-state index contributed by atoms with van der Waals surface area (Å²) in [6, 6.07) is 6.89. The van der Waals surface area contributed by atoms with Gasteiger partial charge in [0.1, 0.15) is 6.04 Å². The summed E-state index contributed by atoms with van der Waals surface area (Å²) >= 11 is 6.18. The second kappa shape index (κ2) is 9.46. The summed E-state index contributed by atoms with van der Waals surface area (Å²) in [4.78, 5) is 26.2. The molecule has 0 aromatic heterocycles. The predicted molar refractivity (Wildman–Crippen MR) is 89.7 cm³/mol. The number of carbonyl (C=O) groups excluding carboxylic acids is 2. The van der Waals surface area contributed by atoms with Crippen LogP contribution in [-0.2, 0) is 16.1 Å². The van der Waals surface area contributed by atoms with Crippen LogP contribution in [0.3, 0.4) is 0 Å². The Balaban J connectivity index is 2.90. The van der Waals surface area contributed by atoms with Gasteiger partial charge >= 0.3 is 0 Å². The van der Waals surface area contributed by atoms with Crippen LogP contribution in [0.15, 0.2) is 24.3 Å². The Labute approximate surface area is 137 Å². The van der Waals surface area contributed by atoms with Gasteiger partial charge in [-0.1, -0.05) is 43.6 Å². The van der Waals surface area contributed by atoms with Crippen molar-refractivity contribution in [3.8, 4) is 0 Å². The molecule has 0 aliphatic heterocycles. The minimum atomic E-state index is -0.512. The zero-order valence-electron chi connectivity index (χ0n) is 13.6. The molecule has 1 aromatic carbocycles. The van der Waals surface area contributed by atoms with Crippen LogP contribution < -0.4 is 5.32 Å².